The molecule has 0 spiro atoms. The van der Waals surface area contributed by atoms with Gasteiger partial charge in [0.15, 0.2) is 5.75 Å². The van der Waals surface area contributed by atoms with Gasteiger partial charge in [-0.15, -0.1) is 0 Å². The topological polar surface area (TPSA) is 27.1 Å². The molecule has 90 valence electrons. The van der Waals surface area contributed by atoms with E-state index in [2.05, 4.69) is 32.6 Å². The van der Waals surface area contributed by atoms with Crippen LogP contribution in [-0.2, 0) is 6.54 Å². The molecule has 4 heteroatoms. The van der Waals surface area contributed by atoms with Crippen molar-refractivity contribution in [3.8, 4) is 5.75 Å². The Balaban J connectivity index is 2.32. The van der Waals surface area contributed by atoms with Gasteiger partial charge in [-0.2, -0.15) is 5.10 Å². The summed E-state index contributed by atoms with van der Waals surface area (Å²) < 4.78 is 7.50. The third kappa shape index (κ3) is 2.12. The highest BCUT2D eigenvalue weighted by atomic mass is 79.9. The molecule has 0 aliphatic heterocycles. The lowest BCUT2D eigenvalue weighted by Gasteiger charge is -2.28. The number of rotatable bonds is 3. The molecule has 1 aliphatic rings. The van der Waals surface area contributed by atoms with Crippen LogP contribution in [0.5, 0.6) is 5.75 Å². The summed E-state index contributed by atoms with van der Waals surface area (Å²) in [7, 11) is 1.73. The second kappa shape index (κ2) is 5.21. The van der Waals surface area contributed by atoms with E-state index < -0.39 is 0 Å². The smallest absolute Gasteiger partial charge is 0.160 e. The molecular formula is C12H19BrN2O. The van der Waals surface area contributed by atoms with Gasteiger partial charge in [0.25, 0.3) is 0 Å². The van der Waals surface area contributed by atoms with Crippen molar-refractivity contribution in [2.45, 2.75) is 49.9 Å². The Morgan fingerprint density at radius 2 is 2.25 bits per heavy atom. The SMILES string of the molecule is CCn1ncc(OC)c1C1CCCCC1Br. The Morgan fingerprint density at radius 1 is 1.50 bits per heavy atom. The number of aryl methyl sites for hydroxylation is 1. The van der Waals surface area contributed by atoms with Gasteiger partial charge in [0.05, 0.1) is 19.0 Å². The Kier molecular flexibility index (Phi) is 3.90. The molecule has 0 bridgehead atoms. The van der Waals surface area contributed by atoms with Crippen LogP contribution in [-0.4, -0.2) is 21.7 Å². The van der Waals surface area contributed by atoms with Crippen molar-refractivity contribution in [1.82, 2.24) is 9.78 Å². The van der Waals surface area contributed by atoms with Crippen molar-refractivity contribution in [2.24, 2.45) is 0 Å². The molecule has 0 radical (unpaired) electrons. The molecule has 1 aromatic rings. The third-order valence-corrected chi connectivity index (χ3v) is 4.49. The second-order valence-electron chi connectivity index (χ2n) is 4.32. The summed E-state index contributed by atoms with van der Waals surface area (Å²) in [4.78, 5) is 0.567. The van der Waals surface area contributed by atoms with E-state index in [-0.39, 0.29) is 0 Å². The van der Waals surface area contributed by atoms with Crippen molar-refractivity contribution in [2.75, 3.05) is 7.11 Å². The number of hydrogen-bond acceptors (Lipinski definition) is 2. The lowest BCUT2D eigenvalue weighted by atomic mass is 9.86. The zero-order chi connectivity index (χ0) is 11.5. The molecule has 1 heterocycles. The van der Waals surface area contributed by atoms with Gasteiger partial charge in [0, 0.05) is 17.3 Å². The standard InChI is InChI=1S/C12H19BrN2O/c1-3-15-12(11(16-2)8-14-15)9-6-4-5-7-10(9)13/h8-10H,3-7H2,1-2H3. The van der Waals surface area contributed by atoms with Crippen LogP contribution in [0.15, 0.2) is 6.20 Å². The van der Waals surface area contributed by atoms with Crippen LogP contribution in [0.1, 0.15) is 44.2 Å². The molecule has 1 saturated carbocycles. The highest BCUT2D eigenvalue weighted by Crippen LogP contribution is 2.40. The predicted octanol–water partition coefficient (Wildman–Crippen LogP) is 3.33. The summed E-state index contributed by atoms with van der Waals surface area (Å²) in [6.07, 6.45) is 6.97. The van der Waals surface area contributed by atoms with Crippen molar-refractivity contribution in [1.29, 1.82) is 0 Å². The molecule has 1 aromatic heterocycles. The van der Waals surface area contributed by atoms with E-state index in [4.69, 9.17) is 4.74 Å². The first kappa shape index (κ1) is 12.0. The average molecular weight is 287 g/mol. The summed E-state index contributed by atoms with van der Waals surface area (Å²) in [5.41, 5.74) is 1.27. The fourth-order valence-electron chi connectivity index (χ4n) is 2.55. The fourth-order valence-corrected chi connectivity index (χ4v) is 3.39. The highest BCUT2D eigenvalue weighted by Gasteiger charge is 2.29. The maximum Gasteiger partial charge on any atom is 0.160 e. The van der Waals surface area contributed by atoms with Gasteiger partial charge >= 0.3 is 0 Å². The van der Waals surface area contributed by atoms with Crippen LogP contribution < -0.4 is 4.74 Å². The van der Waals surface area contributed by atoms with E-state index in [1.165, 1.54) is 31.4 Å². The zero-order valence-corrected chi connectivity index (χ0v) is 11.5. The van der Waals surface area contributed by atoms with Gasteiger partial charge in [0.1, 0.15) is 0 Å². The van der Waals surface area contributed by atoms with E-state index >= 15 is 0 Å². The molecule has 0 N–H and O–H groups in total. The van der Waals surface area contributed by atoms with E-state index in [1.807, 2.05) is 6.20 Å². The largest absolute Gasteiger partial charge is 0.493 e. The maximum atomic E-state index is 5.43. The number of halogens is 1. The van der Waals surface area contributed by atoms with Gasteiger partial charge < -0.3 is 4.74 Å². The first-order chi connectivity index (χ1) is 7.77. The minimum atomic E-state index is 0.547. The number of nitrogens with zero attached hydrogens (tertiary/aromatic N) is 2. The molecular weight excluding hydrogens is 268 g/mol. The van der Waals surface area contributed by atoms with Crippen LogP contribution in [0.25, 0.3) is 0 Å². The van der Waals surface area contributed by atoms with E-state index in [0.29, 0.717) is 10.7 Å². The summed E-state index contributed by atoms with van der Waals surface area (Å²) in [6, 6.07) is 0. The first-order valence-electron chi connectivity index (χ1n) is 6.01. The van der Waals surface area contributed by atoms with Crippen LogP contribution in [0.3, 0.4) is 0 Å². The second-order valence-corrected chi connectivity index (χ2v) is 5.50. The quantitative estimate of drug-likeness (QED) is 0.797. The molecule has 1 aliphatic carbocycles. The molecule has 1 fully saturated rings. The van der Waals surface area contributed by atoms with Crippen LogP contribution >= 0.6 is 15.9 Å². The molecule has 2 rings (SSSR count). The van der Waals surface area contributed by atoms with E-state index in [9.17, 15) is 0 Å². The maximum absolute atomic E-state index is 5.43. The summed E-state index contributed by atoms with van der Waals surface area (Å²) in [5.74, 6) is 1.49. The van der Waals surface area contributed by atoms with Gasteiger partial charge in [0.2, 0.25) is 0 Å². The lowest BCUT2D eigenvalue weighted by Crippen LogP contribution is -2.21. The highest BCUT2D eigenvalue weighted by molar-refractivity contribution is 9.09. The first-order valence-corrected chi connectivity index (χ1v) is 6.93. The van der Waals surface area contributed by atoms with Crippen LogP contribution in [0.4, 0.5) is 0 Å². The summed E-state index contributed by atoms with van der Waals surface area (Å²) in [6.45, 7) is 3.04. The number of aromatic nitrogens is 2. The van der Waals surface area contributed by atoms with E-state index in [0.717, 1.165) is 12.3 Å². The van der Waals surface area contributed by atoms with Crippen molar-refractivity contribution in [3.63, 3.8) is 0 Å². The Morgan fingerprint density at radius 3 is 2.88 bits per heavy atom. The molecule has 3 nitrogen and oxygen atoms in total. The van der Waals surface area contributed by atoms with Crippen molar-refractivity contribution in [3.05, 3.63) is 11.9 Å². The molecule has 0 saturated heterocycles. The number of hydrogen-bond donors (Lipinski definition) is 0. The van der Waals surface area contributed by atoms with Crippen molar-refractivity contribution >= 4 is 15.9 Å². The van der Waals surface area contributed by atoms with E-state index in [1.54, 1.807) is 7.11 Å². The van der Waals surface area contributed by atoms with Gasteiger partial charge in [-0.1, -0.05) is 28.8 Å². The minimum absolute atomic E-state index is 0.547. The number of ether oxygens (including phenoxy) is 1. The number of methoxy groups -OCH3 is 1. The third-order valence-electron chi connectivity index (χ3n) is 3.40. The summed E-state index contributed by atoms with van der Waals surface area (Å²) in [5, 5.41) is 4.39. The van der Waals surface area contributed by atoms with Gasteiger partial charge in [-0.05, 0) is 19.8 Å². The summed E-state index contributed by atoms with van der Waals surface area (Å²) >= 11 is 3.81. The van der Waals surface area contributed by atoms with Crippen LogP contribution in [0.2, 0.25) is 0 Å². The molecule has 2 unspecified atom stereocenters. The number of alkyl halides is 1. The minimum Gasteiger partial charge on any atom is -0.493 e. The Bertz CT molecular complexity index is 329. The average Bonchev–Trinajstić information content (AvgIpc) is 2.72. The molecule has 16 heavy (non-hydrogen) atoms. The predicted molar refractivity (Wildman–Crippen MR) is 68.4 cm³/mol. The van der Waals surface area contributed by atoms with Crippen LogP contribution in [0, 0.1) is 0 Å². The lowest BCUT2D eigenvalue weighted by molar-refractivity contribution is 0.381. The molecule has 0 aromatic carbocycles. The fraction of sp³-hybridized carbons (Fsp3) is 0.750. The molecule has 2 atom stereocenters. The Hall–Kier alpha value is -0.510. The Labute approximate surface area is 105 Å². The molecule has 0 amide bonds. The van der Waals surface area contributed by atoms with Gasteiger partial charge in [-0.25, -0.2) is 0 Å². The van der Waals surface area contributed by atoms with Crippen molar-refractivity contribution < 1.29 is 4.74 Å². The normalized spacial score (nSPS) is 25.7. The zero-order valence-electron chi connectivity index (χ0n) is 9.95. The van der Waals surface area contributed by atoms with Gasteiger partial charge in [-0.3, -0.25) is 4.68 Å². The monoisotopic (exact) mass is 286 g/mol.